The number of benzene rings is 3. The first kappa shape index (κ1) is 25.5. The SMILES string of the molecule is CC(=O)Nc1cccc(NC(=O)CSc2nnc(C(C)Nc3ccc(Br)cc3)n2-c2ccccc2)c1. The Kier molecular flexibility index (Phi) is 8.40. The summed E-state index contributed by atoms with van der Waals surface area (Å²) in [6, 6.07) is 24.6. The van der Waals surface area contributed by atoms with Crippen molar-refractivity contribution in [1.82, 2.24) is 14.8 Å². The lowest BCUT2D eigenvalue weighted by Crippen LogP contribution is -2.16. The first-order valence-corrected chi connectivity index (χ1v) is 13.0. The summed E-state index contributed by atoms with van der Waals surface area (Å²) in [7, 11) is 0. The summed E-state index contributed by atoms with van der Waals surface area (Å²) in [5.41, 5.74) is 3.09. The van der Waals surface area contributed by atoms with Gasteiger partial charge < -0.3 is 16.0 Å². The summed E-state index contributed by atoms with van der Waals surface area (Å²) in [6.07, 6.45) is 0. The molecular formula is C26H25BrN6O2S. The minimum atomic E-state index is -0.190. The predicted octanol–water partition coefficient (Wildman–Crippen LogP) is 5.89. The minimum absolute atomic E-state index is 0.140. The molecule has 3 N–H and O–H groups in total. The van der Waals surface area contributed by atoms with Crippen molar-refractivity contribution in [1.29, 1.82) is 0 Å². The van der Waals surface area contributed by atoms with Gasteiger partial charge in [-0.3, -0.25) is 14.2 Å². The van der Waals surface area contributed by atoms with Crippen LogP contribution in [0.1, 0.15) is 25.7 Å². The molecule has 1 heterocycles. The summed E-state index contributed by atoms with van der Waals surface area (Å²) < 4.78 is 2.97. The Labute approximate surface area is 222 Å². The molecule has 0 aliphatic rings. The second-order valence-electron chi connectivity index (χ2n) is 7.98. The zero-order valence-electron chi connectivity index (χ0n) is 19.7. The summed E-state index contributed by atoms with van der Waals surface area (Å²) in [5, 5.41) is 18.5. The fourth-order valence-electron chi connectivity index (χ4n) is 3.54. The van der Waals surface area contributed by atoms with Crippen molar-refractivity contribution in [3.8, 4) is 5.69 Å². The number of amides is 2. The number of halogens is 1. The Morgan fingerprint density at radius 3 is 2.31 bits per heavy atom. The third-order valence-corrected chi connectivity index (χ3v) is 6.54. The van der Waals surface area contributed by atoms with E-state index >= 15 is 0 Å². The van der Waals surface area contributed by atoms with Crippen LogP contribution < -0.4 is 16.0 Å². The van der Waals surface area contributed by atoms with Crippen molar-refractivity contribution < 1.29 is 9.59 Å². The first-order valence-electron chi connectivity index (χ1n) is 11.2. The van der Waals surface area contributed by atoms with E-state index in [1.54, 1.807) is 24.3 Å². The molecule has 10 heteroatoms. The molecule has 1 aromatic heterocycles. The molecule has 0 bridgehead atoms. The Morgan fingerprint density at radius 2 is 1.61 bits per heavy atom. The summed E-state index contributed by atoms with van der Waals surface area (Å²) in [4.78, 5) is 24.0. The lowest BCUT2D eigenvalue weighted by Gasteiger charge is -2.17. The average molecular weight is 565 g/mol. The zero-order chi connectivity index (χ0) is 25.5. The molecule has 4 aromatic rings. The molecule has 0 aliphatic carbocycles. The van der Waals surface area contributed by atoms with Crippen LogP contribution in [0.25, 0.3) is 5.69 Å². The topological polar surface area (TPSA) is 101 Å². The van der Waals surface area contributed by atoms with E-state index in [0.717, 1.165) is 21.7 Å². The molecule has 0 fully saturated rings. The van der Waals surface area contributed by atoms with E-state index < -0.39 is 0 Å². The number of carbonyl (C=O) groups excluding carboxylic acids is 2. The predicted molar refractivity (Wildman–Crippen MR) is 148 cm³/mol. The highest BCUT2D eigenvalue weighted by molar-refractivity contribution is 9.10. The molecule has 4 rings (SSSR count). The third-order valence-electron chi connectivity index (χ3n) is 5.09. The molecule has 184 valence electrons. The van der Waals surface area contributed by atoms with Gasteiger partial charge in [0.15, 0.2) is 11.0 Å². The van der Waals surface area contributed by atoms with Crippen LogP contribution >= 0.6 is 27.7 Å². The van der Waals surface area contributed by atoms with Crippen molar-refractivity contribution in [3.05, 3.63) is 89.2 Å². The molecular weight excluding hydrogens is 540 g/mol. The van der Waals surface area contributed by atoms with Gasteiger partial charge in [0, 0.05) is 34.1 Å². The largest absolute Gasteiger partial charge is 0.375 e. The Balaban J connectivity index is 1.49. The first-order chi connectivity index (χ1) is 17.4. The van der Waals surface area contributed by atoms with Crippen molar-refractivity contribution in [3.63, 3.8) is 0 Å². The van der Waals surface area contributed by atoms with Gasteiger partial charge in [-0.1, -0.05) is 52.0 Å². The molecule has 8 nitrogen and oxygen atoms in total. The van der Waals surface area contributed by atoms with Gasteiger partial charge in [-0.15, -0.1) is 10.2 Å². The van der Waals surface area contributed by atoms with E-state index in [9.17, 15) is 9.59 Å². The summed E-state index contributed by atoms with van der Waals surface area (Å²) in [6.45, 7) is 3.46. The number of aromatic nitrogens is 3. The number of hydrogen-bond acceptors (Lipinski definition) is 6. The number of carbonyl (C=O) groups is 2. The van der Waals surface area contributed by atoms with Crippen molar-refractivity contribution in [2.24, 2.45) is 0 Å². The lowest BCUT2D eigenvalue weighted by molar-refractivity contribution is -0.114. The molecule has 1 atom stereocenters. The molecule has 2 amide bonds. The number of anilines is 3. The smallest absolute Gasteiger partial charge is 0.234 e. The van der Waals surface area contributed by atoms with Gasteiger partial charge in [0.2, 0.25) is 11.8 Å². The van der Waals surface area contributed by atoms with E-state index in [1.165, 1.54) is 18.7 Å². The fourth-order valence-corrected chi connectivity index (χ4v) is 4.56. The molecule has 3 aromatic carbocycles. The van der Waals surface area contributed by atoms with E-state index in [1.807, 2.05) is 66.1 Å². The van der Waals surface area contributed by atoms with E-state index in [4.69, 9.17) is 0 Å². The monoisotopic (exact) mass is 564 g/mol. The van der Waals surface area contributed by atoms with Crippen LogP contribution in [0.15, 0.2) is 88.5 Å². The number of rotatable bonds is 9. The summed E-state index contributed by atoms with van der Waals surface area (Å²) >= 11 is 4.76. The van der Waals surface area contributed by atoms with Crippen LogP contribution in [0.3, 0.4) is 0 Å². The van der Waals surface area contributed by atoms with Crippen LogP contribution in [0.2, 0.25) is 0 Å². The third kappa shape index (κ3) is 6.73. The minimum Gasteiger partial charge on any atom is -0.375 e. The number of nitrogens with zero attached hydrogens (tertiary/aromatic N) is 3. The Morgan fingerprint density at radius 1 is 0.917 bits per heavy atom. The maximum Gasteiger partial charge on any atom is 0.234 e. The van der Waals surface area contributed by atoms with Gasteiger partial charge in [0.05, 0.1) is 11.8 Å². The molecule has 0 aliphatic heterocycles. The number of hydrogen-bond donors (Lipinski definition) is 3. The molecule has 0 saturated carbocycles. The highest BCUT2D eigenvalue weighted by atomic mass is 79.9. The Hall–Kier alpha value is -3.63. The highest BCUT2D eigenvalue weighted by Crippen LogP contribution is 2.27. The molecule has 0 spiro atoms. The van der Waals surface area contributed by atoms with Crippen LogP contribution in [-0.4, -0.2) is 32.3 Å². The van der Waals surface area contributed by atoms with E-state index in [2.05, 4.69) is 42.1 Å². The van der Waals surface area contributed by atoms with Crippen molar-refractivity contribution >= 4 is 56.6 Å². The molecule has 1 unspecified atom stereocenters. The number of thioether (sulfide) groups is 1. The van der Waals surface area contributed by atoms with Crippen LogP contribution in [0, 0.1) is 0 Å². The van der Waals surface area contributed by atoms with Crippen molar-refractivity contribution in [2.45, 2.75) is 25.0 Å². The lowest BCUT2D eigenvalue weighted by atomic mass is 10.2. The van der Waals surface area contributed by atoms with E-state index in [0.29, 0.717) is 16.5 Å². The molecule has 0 saturated heterocycles. The highest BCUT2D eigenvalue weighted by Gasteiger charge is 2.20. The van der Waals surface area contributed by atoms with Crippen LogP contribution in [-0.2, 0) is 9.59 Å². The number of para-hydroxylation sites is 1. The normalized spacial score (nSPS) is 11.5. The summed E-state index contributed by atoms with van der Waals surface area (Å²) in [5.74, 6) is 0.512. The van der Waals surface area contributed by atoms with Gasteiger partial charge in [-0.05, 0) is 61.5 Å². The van der Waals surface area contributed by atoms with Gasteiger partial charge >= 0.3 is 0 Å². The van der Waals surface area contributed by atoms with Gasteiger partial charge in [-0.25, -0.2) is 0 Å². The quantitative estimate of drug-likeness (QED) is 0.219. The zero-order valence-corrected chi connectivity index (χ0v) is 22.1. The fraction of sp³-hybridized carbons (Fsp3) is 0.154. The van der Waals surface area contributed by atoms with Crippen LogP contribution in [0.5, 0.6) is 0 Å². The molecule has 0 radical (unpaired) electrons. The van der Waals surface area contributed by atoms with Gasteiger partial charge in [-0.2, -0.15) is 0 Å². The van der Waals surface area contributed by atoms with Gasteiger partial charge in [0.25, 0.3) is 0 Å². The van der Waals surface area contributed by atoms with Crippen molar-refractivity contribution in [2.75, 3.05) is 21.7 Å². The maximum atomic E-state index is 12.7. The second kappa shape index (κ2) is 11.9. The second-order valence-corrected chi connectivity index (χ2v) is 9.84. The molecule has 36 heavy (non-hydrogen) atoms. The maximum absolute atomic E-state index is 12.7. The van der Waals surface area contributed by atoms with E-state index in [-0.39, 0.29) is 23.6 Å². The average Bonchev–Trinajstić information content (AvgIpc) is 3.29. The van der Waals surface area contributed by atoms with Gasteiger partial charge in [0.1, 0.15) is 0 Å². The Bertz CT molecular complexity index is 1340. The number of nitrogens with one attached hydrogen (secondary N) is 3. The standard InChI is InChI=1S/C26H25BrN6O2S/c1-17(28-20-13-11-19(27)12-14-20)25-31-32-26(33(25)23-9-4-3-5-10-23)36-16-24(35)30-22-8-6-7-21(15-22)29-18(2)34/h3-15,17,28H,16H2,1-2H3,(H,29,34)(H,30,35). The van der Waals surface area contributed by atoms with Crippen LogP contribution in [0.4, 0.5) is 17.1 Å².